The van der Waals surface area contributed by atoms with Crippen molar-refractivity contribution in [3.63, 3.8) is 0 Å². The van der Waals surface area contributed by atoms with E-state index in [1.807, 2.05) is 27.9 Å². The number of likely N-dealkylation sites (tertiary alicyclic amines) is 1. The van der Waals surface area contributed by atoms with Gasteiger partial charge in [-0.15, -0.1) is 0 Å². The number of benzene rings is 1. The Bertz CT molecular complexity index is 852. The highest BCUT2D eigenvalue weighted by Gasteiger charge is 2.27. The first-order valence-electron chi connectivity index (χ1n) is 9.70. The van der Waals surface area contributed by atoms with Crippen LogP contribution in [0.25, 0.3) is 0 Å². The van der Waals surface area contributed by atoms with Gasteiger partial charge in [-0.25, -0.2) is 4.79 Å². The van der Waals surface area contributed by atoms with E-state index in [1.54, 1.807) is 30.3 Å². The molecule has 1 fully saturated rings. The number of urea groups is 1. The van der Waals surface area contributed by atoms with Crippen molar-refractivity contribution < 1.29 is 14.3 Å². The third-order valence-corrected chi connectivity index (χ3v) is 5.44. The van der Waals surface area contributed by atoms with Crippen molar-refractivity contribution in [1.29, 1.82) is 0 Å². The first kappa shape index (κ1) is 18.3. The standard InChI is InChI=1S/C20H25N5O3/c1-23-17-13-15(6-7-18(17)28-14-19(23)26)22-20(27)25-11-3-2-5-16(25)8-12-24-10-4-9-21-24/h4,6-7,9-10,13,16H,2-3,5,8,11-12,14H2,1H3,(H,22,27)/t16-/m0/s1. The third kappa shape index (κ3) is 3.81. The molecule has 2 aliphatic rings. The molecule has 1 N–H and O–H groups in total. The van der Waals surface area contributed by atoms with Gasteiger partial charge in [0.1, 0.15) is 5.75 Å². The van der Waals surface area contributed by atoms with E-state index < -0.39 is 0 Å². The SMILES string of the molecule is CN1C(=O)COc2ccc(NC(=O)N3CCCC[C@H]3CCn3cccn3)cc21. The number of ether oxygens (including phenoxy) is 1. The summed E-state index contributed by atoms with van der Waals surface area (Å²) < 4.78 is 7.35. The maximum absolute atomic E-state index is 12.9. The Morgan fingerprint density at radius 2 is 2.25 bits per heavy atom. The predicted octanol–water partition coefficient (Wildman–Crippen LogP) is 2.72. The fourth-order valence-corrected chi connectivity index (χ4v) is 3.83. The van der Waals surface area contributed by atoms with Gasteiger partial charge in [0.15, 0.2) is 6.61 Å². The fraction of sp³-hybridized carbons (Fsp3) is 0.450. The molecule has 1 saturated heterocycles. The summed E-state index contributed by atoms with van der Waals surface area (Å²) in [5, 5.41) is 7.24. The van der Waals surface area contributed by atoms with E-state index >= 15 is 0 Å². The molecule has 1 aromatic carbocycles. The average molecular weight is 383 g/mol. The molecule has 0 unspecified atom stereocenters. The molecule has 1 atom stereocenters. The number of carbonyl (C=O) groups is 2. The van der Waals surface area contributed by atoms with E-state index in [9.17, 15) is 9.59 Å². The molecule has 0 radical (unpaired) electrons. The number of hydrogen-bond acceptors (Lipinski definition) is 4. The molecule has 0 saturated carbocycles. The first-order valence-corrected chi connectivity index (χ1v) is 9.70. The summed E-state index contributed by atoms with van der Waals surface area (Å²) in [6.07, 6.45) is 7.75. The molecule has 8 nitrogen and oxygen atoms in total. The number of hydrogen-bond donors (Lipinski definition) is 1. The quantitative estimate of drug-likeness (QED) is 0.880. The lowest BCUT2D eigenvalue weighted by atomic mass is 10.00. The van der Waals surface area contributed by atoms with Crippen molar-refractivity contribution in [1.82, 2.24) is 14.7 Å². The van der Waals surface area contributed by atoms with E-state index in [0.29, 0.717) is 17.1 Å². The van der Waals surface area contributed by atoms with Gasteiger partial charge in [0.25, 0.3) is 5.91 Å². The van der Waals surface area contributed by atoms with E-state index in [1.165, 1.54) is 0 Å². The number of nitrogens with zero attached hydrogens (tertiary/aromatic N) is 4. The van der Waals surface area contributed by atoms with E-state index in [2.05, 4.69) is 10.4 Å². The minimum absolute atomic E-state index is 0.0426. The van der Waals surface area contributed by atoms with Crippen LogP contribution in [0.4, 0.5) is 16.2 Å². The number of fused-ring (bicyclic) bond motifs is 1. The molecule has 0 spiro atoms. The van der Waals surface area contributed by atoms with Crippen molar-refractivity contribution in [2.75, 3.05) is 30.4 Å². The number of nitrogens with one attached hydrogen (secondary N) is 1. The van der Waals surface area contributed by atoms with Crippen LogP contribution in [0.1, 0.15) is 25.7 Å². The smallest absolute Gasteiger partial charge is 0.322 e. The number of aryl methyl sites for hydroxylation is 1. The molecule has 2 aromatic rings. The summed E-state index contributed by atoms with van der Waals surface area (Å²) in [5.41, 5.74) is 1.33. The molecule has 4 rings (SSSR count). The number of carbonyl (C=O) groups excluding carboxylic acids is 2. The Hall–Kier alpha value is -3.03. The lowest BCUT2D eigenvalue weighted by molar-refractivity contribution is -0.120. The monoisotopic (exact) mass is 383 g/mol. The maximum Gasteiger partial charge on any atom is 0.322 e. The molecule has 148 valence electrons. The zero-order valence-electron chi connectivity index (χ0n) is 16.0. The maximum atomic E-state index is 12.9. The van der Waals surface area contributed by atoms with Gasteiger partial charge in [0, 0.05) is 44.3 Å². The number of rotatable bonds is 4. The van der Waals surface area contributed by atoms with Gasteiger partial charge >= 0.3 is 6.03 Å². The van der Waals surface area contributed by atoms with Crippen molar-refractivity contribution in [2.24, 2.45) is 0 Å². The van der Waals surface area contributed by atoms with Crippen molar-refractivity contribution in [3.8, 4) is 5.75 Å². The van der Waals surface area contributed by atoms with Crippen LogP contribution in [0.15, 0.2) is 36.7 Å². The van der Waals surface area contributed by atoms with Crippen LogP contribution >= 0.6 is 0 Å². The van der Waals surface area contributed by atoms with E-state index in [-0.39, 0.29) is 24.6 Å². The second-order valence-corrected chi connectivity index (χ2v) is 7.25. The predicted molar refractivity (Wildman–Crippen MR) is 106 cm³/mol. The molecule has 3 heterocycles. The molecule has 8 heteroatoms. The van der Waals surface area contributed by atoms with Gasteiger partial charge in [-0.1, -0.05) is 0 Å². The summed E-state index contributed by atoms with van der Waals surface area (Å²) in [6.45, 7) is 1.59. The van der Waals surface area contributed by atoms with Gasteiger partial charge in [0.05, 0.1) is 5.69 Å². The average Bonchev–Trinajstić information content (AvgIpc) is 3.23. The first-order chi connectivity index (χ1) is 13.6. The Morgan fingerprint density at radius 1 is 1.36 bits per heavy atom. The second-order valence-electron chi connectivity index (χ2n) is 7.25. The Kier molecular flexibility index (Phi) is 5.18. The number of amides is 3. The van der Waals surface area contributed by atoms with E-state index in [4.69, 9.17) is 4.74 Å². The Morgan fingerprint density at radius 3 is 3.07 bits per heavy atom. The highest BCUT2D eigenvalue weighted by Crippen LogP contribution is 2.34. The number of aromatic nitrogens is 2. The summed E-state index contributed by atoms with van der Waals surface area (Å²) in [6, 6.07) is 7.39. The van der Waals surface area contributed by atoms with Crippen LogP contribution < -0.4 is 15.0 Å². The Labute approximate surface area is 164 Å². The van der Waals surface area contributed by atoms with Gasteiger partial charge in [-0.05, 0) is 49.9 Å². The molecular formula is C20H25N5O3. The summed E-state index contributed by atoms with van der Waals surface area (Å²) >= 11 is 0. The lowest BCUT2D eigenvalue weighted by Crippen LogP contribution is -2.46. The topological polar surface area (TPSA) is 79.7 Å². The zero-order valence-corrected chi connectivity index (χ0v) is 16.0. The molecule has 2 aliphatic heterocycles. The van der Waals surface area contributed by atoms with Gasteiger partial charge in [-0.2, -0.15) is 5.10 Å². The van der Waals surface area contributed by atoms with Crippen LogP contribution in [0.2, 0.25) is 0 Å². The number of likely N-dealkylation sites (N-methyl/N-ethyl adjacent to an activating group) is 1. The normalized spacial score (nSPS) is 19.2. The summed E-state index contributed by atoms with van der Waals surface area (Å²) in [5.74, 6) is 0.542. The molecule has 0 bridgehead atoms. The molecule has 0 aliphatic carbocycles. The van der Waals surface area contributed by atoms with Gasteiger partial charge in [0.2, 0.25) is 0 Å². The van der Waals surface area contributed by atoms with Crippen LogP contribution in [-0.2, 0) is 11.3 Å². The highest BCUT2D eigenvalue weighted by molar-refractivity contribution is 5.99. The minimum Gasteiger partial charge on any atom is -0.482 e. The Balaban J connectivity index is 1.43. The third-order valence-electron chi connectivity index (χ3n) is 5.44. The van der Waals surface area contributed by atoms with Crippen molar-refractivity contribution >= 4 is 23.3 Å². The van der Waals surface area contributed by atoms with Crippen LogP contribution in [0.5, 0.6) is 5.75 Å². The van der Waals surface area contributed by atoms with Gasteiger partial charge in [-0.3, -0.25) is 9.48 Å². The second kappa shape index (κ2) is 7.92. The zero-order chi connectivity index (χ0) is 19.5. The van der Waals surface area contributed by atoms with Gasteiger partial charge < -0.3 is 19.9 Å². The molecular weight excluding hydrogens is 358 g/mol. The molecule has 1 aromatic heterocycles. The summed E-state index contributed by atoms with van der Waals surface area (Å²) in [4.78, 5) is 28.3. The molecule has 28 heavy (non-hydrogen) atoms. The van der Waals surface area contributed by atoms with Crippen LogP contribution in [0, 0.1) is 0 Å². The van der Waals surface area contributed by atoms with Crippen molar-refractivity contribution in [3.05, 3.63) is 36.7 Å². The van der Waals surface area contributed by atoms with Crippen LogP contribution in [-0.4, -0.2) is 52.9 Å². The fourth-order valence-electron chi connectivity index (χ4n) is 3.83. The number of piperidine rings is 1. The van der Waals surface area contributed by atoms with Crippen molar-refractivity contribution in [2.45, 2.75) is 38.3 Å². The lowest BCUT2D eigenvalue weighted by Gasteiger charge is -2.36. The van der Waals surface area contributed by atoms with Crippen LogP contribution in [0.3, 0.4) is 0 Å². The van der Waals surface area contributed by atoms with E-state index in [0.717, 1.165) is 38.8 Å². The molecule has 3 amide bonds. The largest absolute Gasteiger partial charge is 0.482 e. The minimum atomic E-state index is -0.106. The highest BCUT2D eigenvalue weighted by atomic mass is 16.5. The number of anilines is 2. The summed E-state index contributed by atoms with van der Waals surface area (Å²) in [7, 11) is 1.71.